The predicted molar refractivity (Wildman–Crippen MR) is 194 cm³/mol. The van der Waals surface area contributed by atoms with E-state index in [1.54, 1.807) is 10.8 Å². The third kappa shape index (κ3) is 9.78. The molecule has 5 rings (SSSR count). The van der Waals surface area contributed by atoms with Crippen LogP contribution < -0.4 is 27.2 Å². The number of rotatable bonds is 16. The first-order chi connectivity index (χ1) is 24.8. The molecule has 0 radical (unpaired) electrons. The molecule has 2 aliphatic carbocycles. The lowest BCUT2D eigenvalue weighted by Crippen LogP contribution is -2.45. The van der Waals surface area contributed by atoms with Crippen LogP contribution >= 0.6 is 45.1 Å². The maximum atomic E-state index is 13.3. The van der Waals surface area contributed by atoms with Gasteiger partial charge in [-0.25, -0.2) is 13.7 Å². The maximum Gasteiger partial charge on any atom is 0.490 e. The van der Waals surface area contributed by atoms with Gasteiger partial charge >= 0.3 is 23.5 Å². The number of nitrogens with one attached hydrogen (secondary N) is 4. The van der Waals surface area contributed by atoms with Gasteiger partial charge in [-0.15, -0.1) is 0 Å². The van der Waals surface area contributed by atoms with Gasteiger partial charge in [0.1, 0.15) is 12.3 Å². The minimum absolute atomic E-state index is 0.0746. The van der Waals surface area contributed by atoms with E-state index in [1.807, 2.05) is 14.1 Å². The van der Waals surface area contributed by atoms with Crippen molar-refractivity contribution in [2.24, 2.45) is 17.3 Å². The van der Waals surface area contributed by atoms with Crippen LogP contribution in [0.25, 0.3) is 11.0 Å². The summed E-state index contributed by atoms with van der Waals surface area (Å²) in [6, 6.07) is 0.650. The number of phosphoric acid groups is 3. The number of aliphatic hydroxyl groups excluding tert-OH is 1. The maximum absolute atomic E-state index is 13.3. The number of aromatic amines is 1. The van der Waals surface area contributed by atoms with Gasteiger partial charge in [-0.1, -0.05) is 40.4 Å². The summed E-state index contributed by atoms with van der Waals surface area (Å²) >= 11 is 0. The highest BCUT2D eigenvalue weighted by atomic mass is 33.1. The fourth-order valence-corrected chi connectivity index (χ4v) is 12.0. The molecule has 3 heterocycles. The van der Waals surface area contributed by atoms with Crippen molar-refractivity contribution in [1.82, 2.24) is 30.5 Å². The Morgan fingerprint density at radius 2 is 1.77 bits per heavy atom. The van der Waals surface area contributed by atoms with Crippen molar-refractivity contribution in [2.75, 3.05) is 44.5 Å². The van der Waals surface area contributed by atoms with Gasteiger partial charge in [-0.05, 0) is 38.8 Å². The summed E-state index contributed by atoms with van der Waals surface area (Å²) in [5.74, 6) is 7.38. The summed E-state index contributed by atoms with van der Waals surface area (Å²) in [5, 5.41) is 20.6. The molecular formula is C27H42N7O14P3S2. The molecule has 2 aromatic heterocycles. The first-order valence-corrected chi connectivity index (χ1v) is 23.2. The van der Waals surface area contributed by atoms with E-state index in [0.717, 1.165) is 12.8 Å². The summed E-state index contributed by atoms with van der Waals surface area (Å²) < 4.78 is 53.7. The van der Waals surface area contributed by atoms with Crippen LogP contribution in [0.15, 0.2) is 11.0 Å². The average molecular weight is 846 g/mol. The number of ether oxygens (including phenoxy) is 1. The smallest absolute Gasteiger partial charge is 0.390 e. The molecule has 7 unspecified atom stereocenters. The van der Waals surface area contributed by atoms with Gasteiger partial charge in [-0.2, -0.15) is 13.6 Å². The number of nitrogens with two attached hydrogens (primary N) is 1. The van der Waals surface area contributed by atoms with E-state index in [0.29, 0.717) is 30.1 Å². The zero-order valence-corrected chi connectivity index (χ0v) is 32.9. The van der Waals surface area contributed by atoms with E-state index in [-0.39, 0.29) is 46.7 Å². The van der Waals surface area contributed by atoms with Gasteiger partial charge < -0.3 is 55.7 Å². The van der Waals surface area contributed by atoms with Crippen molar-refractivity contribution in [3.8, 4) is 11.8 Å². The largest absolute Gasteiger partial charge is 0.490 e. The first kappa shape index (κ1) is 42.3. The number of carbonyl (C=O) groups is 1. The number of aliphatic hydroxyl groups is 1. The second-order valence-corrected chi connectivity index (χ2v) is 19.8. The van der Waals surface area contributed by atoms with Crippen LogP contribution in [0.1, 0.15) is 38.0 Å². The summed E-state index contributed by atoms with van der Waals surface area (Å²) in [7, 11) is -9.87. The number of hydrogen-bond donors (Lipinski definition) is 10. The fraction of sp³-hybridized carbons (Fsp3) is 0.667. The van der Waals surface area contributed by atoms with Gasteiger partial charge in [0.2, 0.25) is 11.9 Å². The molecule has 3 aliphatic rings. The standard InChI is InChI=1S/C27H42N7O14P3S2/c1-27(15-10-18(30-3)16(27)9-17(15)29-2)25(37)31-6-8-53-52-7-4-5-14-12-34(23-22(14)24(36)33-26(28)32-23)21-11-19(35)20(46-21)13-45-50(41,42)48-51(43,44)47-49(38,39)40/h12,15-21,29-30,35H,6-11,13H2,1-3H3,(H,31,37)(H,41,42)(H,43,44)(H2,38,39,40)(H3,28,32,33,36)/t15?,16?,17?,18?,19?,20-,21-,27?/m1/s1. The Balaban J connectivity index is 1.15. The van der Waals surface area contributed by atoms with Gasteiger partial charge in [0.05, 0.1) is 34.8 Å². The number of phosphoric ester groups is 1. The number of aromatic nitrogens is 3. The van der Waals surface area contributed by atoms with Gasteiger partial charge in [-0.3, -0.25) is 19.1 Å². The highest BCUT2D eigenvalue weighted by Crippen LogP contribution is 2.66. The summed E-state index contributed by atoms with van der Waals surface area (Å²) in [6.07, 6.45) is -0.393. The number of nitrogen functional groups attached to an aromatic ring is 1. The molecule has 1 aliphatic heterocycles. The van der Waals surface area contributed by atoms with Gasteiger partial charge in [0.15, 0.2) is 5.65 Å². The SMILES string of the molecule is CNC1CC2C(NC)CC1C2(C)C(=O)NCCSSCC#Cc1cn([C@H]2CC(O)[C@@H](COP(=O)(O)OP(=O)(O)OP(=O)(O)O)O2)c2nc(N)[nH]c(=O)c12. The van der Waals surface area contributed by atoms with Crippen molar-refractivity contribution >= 4 is 67.9 Å². The molecule has 296 valence electrons. The molecular weight excluding hydrogens is 803 g/mol. The van der Waals surface area contributed by atoms with Crippen LogP contribution in [0.4, 0.5) is 5.95 Å². The van der Waals surface area contributed by atoms with E-state index < -0.39 is 59.5 Å². The molecule has 0 aromatic carbocycles. The van der Waals surface area contributed by atoms with Crippen LogP contribution in [-0.2, 0) is 36.4 Å². The van der Waals surface area contributed by atoms with E-state index >= 15 is 0 Å². The van der Waals surface area contributed by atoms with Crippen LogP contribution in [-0.4, -0.2) is 108 Å². The molecule has 0 spiro atoms. The van der Waals surface area contributed by atoms with Crippen LogP contribution in [0.5, 0.6) is 0 Å². The highest BCUT2D eigenvalue weighted by Gasteiger charge is 2.63. The third-order valence-corrected chi connectivity index (χ3v) is 15.7. The van der Waals surface area contributed by atoms with Gasteiger partial charge in [0.25, 0.3) is 5.56 Å². The molecule has 2 bridgehead atoms. The number of hydrogen-bond acceptors (Lipinski definition) is 16. The molecule has 11 N–H and O–H groups in total. The Morgan fingerprint density at radius 1 is 1.11 bits per heavy atom. The predicted octanol–water partition coefficient (Wildman–Crippen LogP) is 0.370. The number of carbonyl (C=O) groups excluding carboxylic acids is 1. The lowest BCUT2D eigenvalue weighted by atomic mass is 9.78. The number of amides is 1. The molecule has 1 amide bonds. The second kappa shape index (κ2) is 16.7. The Hall–Kier alpha value is -1.80. The summed E-state index contributed by atoms with van der Waals surface area (Å²) in [6.45, 7) is 1.70. The number of H-pyrrole nitrogens is 1. The Labute approximate surface area is 311 Å². The number of nitrogens with zero attached hydrogens (tertiary/aromatic N) is 2. The van der Waals surface area contributed by atoms with E-state index in [2.05, 4.69) is 57.8 Å². The van der Waals surface area contributed by atoms with E-state index in [9.17, 15) is 38.2 Å². The van der Waals surface area contributed by atoms with Crippen molar-refractivity contribution in [3.63, 3.8) is 0 Å². The van der Waals surface area contributed by atoms with Crippen LogP contribution in [0, 0.1) is 29.1 Å². The van der Waals surface area contributed by atoms with Crippen molar-refractivity contribution in [1.29, 1.82) is 0 Å². The second-order valence-electron chi connectivity index (χ2n) is 12.8. The molecule has 1 saturated heterocycles. The Bertz CT molecular complexity index is 1930. The first-order valence-electron chi connectivity index (χ1n) is 16.2. The molecule has 2 aromatic rings. The average Bonchev–Trinajstić information content (AvgIpc) is 3.76. The monoisotopic (exact) mass is 845 g/mol. The highest BCUT2D eigenvalue weighted by molar-refractivity contribution is 8.76. The van der Waals surface area contributed by atoms with Crippen LogP contribution in [0.3, 0.4) is 0 Å². The zero-order valence-electron chi connectivity index (χ0n) is 28.6. The van der Waals surface area contributed by atoms with E-state index in [1.165, 1.54) is 21.6 Å². The number of anilines is 1. The molecule has 3 fully saturated rings. The lowest BCUT2D eigenvalue weighted by molar-refractivity contribution is -0.132. The molecule has 21 nitrogen and oxygen atoms in total. The van der Waals surface area contributed by atoms with Crippen molar-refractivity contribution < 1.29 is 61.1 Å². The minimum Gasteiger partial charge on any atom is -0.390 e. The molecule has 2 saturated carbocycles. The minimum atomic E-state index is -5.74. The van der Waals surface area contributed by atoms with Crippen LogP contribution in [0.2, 0.25) is 0 Å². The summed E-state index contributed by atoms with van der Waals surface area (Å²) in [4.78, 5) is 69.3. The third-order valence-electron chi connectivity index (χ3n) is 9.70. The normalized spacial score (nSPS) is 30.5. The lowest BCUT2D eigenvalue weighted by Gasteiger charge is -2.30. The molecule has 9 atom stereocenters. The molecule has 26 heteroatoms. The van der Waals surface area contributed by atoms with Crippen molar-refractivity contribution in [2.45, 2.75) is 56.7 Å². The quantitative estimate of drug-likeness (QED) is 0.0472. The molecule has 53 heavy (non-hydrogen) atoms. The van der Waals surface area contributed by atoms with Gasteiger partial charge in [0, 0.05) is 37.0 Å². The fourth-order valence-electron chi connectivity index (χ4n) is 7.43. The summed E-state index contributed by atoms with van der Waals surface area (Å²) in [5.41, 5.74) is 5.12. The van der Waals surface area contributed by atoms with E-state index in [4.69, 9.17) is 20.3 Å². The number of fused-ring (bicyclic) bond motifs is 3. The Kier molecular flexibility index (Phi) is 13.4. The zero-order chi connectivity index (χ0) is 38.9. The topological polar surface area (TPSA) is 319 Å². The Morgan fingerprint density at radius 3 is 2.40 bits per heavy atom. The van der Waals surface area contributed by atoms with Crippen molar-refractivity contribution in [3.05, 3.63) is 22.1 Å².